The van der Waals surface area contributed by atoms with E-state index in [-0.39, 0.29) is 29.1 Å². The molecule has 3 rings (SSSR count). The lowest BCUT2D eigenvalue weighted by Crippen LogP contribution is -2.34. The van der Waals surface area contributed by atoms with Gasteiger partial charge in [-0.3, -0.25) is 14.8 Å². The third-order valence-corrected chi connectivity index (χ3v) is 4.27. The Morgan fingerprint density at radius 2 is 1.95 bits per heavy atom. The molecule has 0 unspecified atom stereocenters. The van der Waals surface area contributed by atoms with Crippen molar-refractivity contribution in [2.75, 3.05) is 10.1 Å². The monoisotopic (exact) mass is 275 g/mol. The summed E-state index contributed by atoms with van der Waals surface area (Å²) in [6, 6.07) is 5.88. The van der Waals surface area contributed by atoms with Crippen LogP contribution in [0.25, 0.3) is 0 Å². The minimum Gasteiger partial charge on any atom is -0.733 e. The average molecular weight is 275 g/mol. The number of carbonyl (C=O) groups excluding carboxylic acids is 2. The van der Waals surface area contributed by atoms with E-state index in [4.69, 9.17) is 5.21 Å². The lowest BCUT2D eigenvalue weighted by molar-refractivity contribution is -0.125. The molecular formula is C14H15N2O4-. The Kier molecular flexibility index (Phi) is 2.99. The molecule has 2 amide bonds. The van der Waals surface area contributed by atoms with E-state index in [1.807, 2.05) is 0 Å². The number of nitrogens with zero attached hydrogens (tertiary/aromatic N) is 2. The Morgan fingerprint density at radius 3 is 2.60 bits per heavy atom. The molecule has 1 saturated heterocycles. The van der Waals surface area contributed by atoms with Crippen LogP contribution in [0.1, 0.15) is 32.1 Å². The van der Waals surface area contributed by atoms with Gasteiger partial charge in [0.2, 0.25) is 11.8 Å². The quantitative estimate of drug-likeness (QED) is 0.660. The topological polar surface area (TPSA) is 83.9 Å². The van der Waals surface area contributed by atoms with E-state index in [1.165, 1.54) is 18.2 Å². The number of carbonyl (C=O) groups is 2. The summed E-state index contributed by atoms with van der Waals surface area (Å²) in [5.41, 5.74) is -0.199. The molecule has 1 aliphatic heterocycles. The summed E-state index contributed by atoms with van der Waals surface area (Å²) in [5, 5.41) is 19.5. The predicted molar refractivity (Wildman–Crippen MR) is 72.1 cm³/mol. The highest BCUT2D eigenvalue weighted by atomic mass is 16.8. The molecule has 1 aromatic rings. The maximum absolute atomic E-state index is 12.6. The fourth-order valence-electron chi connectivity index (χ4n) is 3.25. The van der Waals surface area contributed by atoms with Gasteiger partial charge in [-0.1, -0.05) is 18.9 Å². The summed E-state index contributed by atoms with van der Waals surface area (Å²) in [5.74, 6) is -0.406. The first-order chi connectivity index (χ1) is 9.53. The van der Waals surface area contributed by atoms with E-state index in [2.05, 4.69) is 0 Å². The Balaban J connectivity index is 1.96. The molecule has 2 fully saturated rings. The third kappa shape index (κ3) is 1.88. The van der Waals surface area contributed by atoms with Crippen molar-refractivity contribution in [2.24, 2.45) is 5.41 Å². The van der Waals surface area contributed by atoms with Crippen molar-refractivity contribution in [1.82, 2.24) is 0 Å². The fraction of sp³-hybridized carbons (Fsp3) is 0.429. The van der Waals surface area contributed by atoms with Gasteiger partial charge in [0, 0.05) is 6.42 Å². The first-order valence-corrected chi connectivity index (χ1v) is 6.67. The van der Waals surface area contributed by atoms with Crippen LogP contribution >= 0.6 is 0 Å². The zero-order chi connectivity index (χ0) is 14.3. The van der Waals surface area contributed by atoms with Crippen LogP contribution in [0.15, 0.2) is 24.3 Å². The predicted octanol–water partition coefficient (Wildman–Crippen LogP) is 2.20. The smallest absolute Gasteiger partial charge is 0.240 e. The van der Waals surface area contributed by atoms with Crippen molar-refractivity contribution in [3.8, 4) is 0 Å². The Bertz CT molecular complexity index is 564. The van der Waals surface area contributed by atoms with E-state index < -0.39 is 5.41 Å². The van der Waals surface area contributed by atoms with E-state index in [0.717, 1.165) is 30.6 Å². The number of hydrogen-bond donors (Lipinski definition) is 1. The van der Waals surface area contributed by atoms with E-state index in [1.54, 1.807) is 6.07 Å². The van der Waals surface area contributed by atoms with Crippen molar-refractivity contribution >= 4 is 23.2 Å². The van der Waals surface area contributed by atoms with Crippen LogP contribution in [0.4, 0.5) is 11.4 Å². The van der Waals surface area contributed by atoms with E-state index >= 15 is 0 Å². The molecule has 6 nitrogen and oxygen atoms in total. The molecule has 106 valence electrons. The van der Waals surface area contributed by atoms with Crippen LogP contribution < -0.4 is 10.1 Å². The van der Waals surface area contributed by atoms with Crippen LogP contribution in [0.3, 0.4) is 0 Å². The Morgan fingerprint density at radius 1 is 1.25 bits per heavy atom. The molecule has 1 saturated carbocycles. The molecule has 6 heteroatoms. The zero-order valence-corrected chi connectivity index (χ0v) is 10.9. The SMILES string of the molecule is O=C1CC2(CCCC2)C(=O)N1c1cccc(N([O-])O)c1. The average Bonchev–Trinajstić information content (AvgIpc) is 2.97. The maximum Gasteiger partial charge on any atom is 0.240 e. The van der Waals surface area contributed by atoms with Gasteiger partial charge >= 0.3 is 0 Å². The second-order valence-electron chi connectivity index (χ2n) is 5.49. The molecule has 2 aliphatic rings. The molecule has 1 aliphatic carbocycles. The van der Waals surface area contributed by atoms with Gasteiger partial charge in [0.15, 0.2) is 0 Å². The molecule has 1 spiro atoms. The number of imide groups is 1. The second kappa shape index (κ2) is 4.57. The number of rotatable bonds is 2. The molecule has 1 heterocycles. The molecule has 20 heavy (non-hydrogen) atoms. The van der Waals surface area contributed by atoms with Crippen LogP contribution in [0.5, 0.6) is 0 Å². The normalized spacial score (nSPS) is 21.0. The number of anilines is 2. The van der Waals surface area contributed by atoms with Crippen molar-refractivity contribution in [2.45, 2.75) is 32.1 Å². The van der Waals surface area contributed by atoms with Gasteiger partial charge in [-0.2, -0.15) is 0 Å². The highest BCUT2D eigenvalue weighted by Crippen LogP contribution is 2.48. The fourth-order valence-corrected chi connectivity index (χ4v) is 3.25. The first-order valence-electron chi connectivity index (χ1n) is 6.67. The minimum atomic E-state index is -0.538. The number of amides is 2. The molecule has 0 atom stereocenters. The van der Waals surface area contributed by atoms with Crippen LogP contribution in [-0.4, -0.2) is 17.0 Å². The van der Waals surface area contributed by atoms with Crippen LogP contribution in [-0.2, 0) is 9.59 Å². The van der Waals surface area contributed by atoms with Gasteiger partial charge in [-0.15, -0.1) is 0 Å². The first kappa shape index (κ1) is 13.1. The van der Waals surface area contributed by atoms with Gasteiger partial charge in [-0.25, -0.2) is 4.90 Å². The zero-order valence-electron chi connectivity index (χ0n) is 10.9. The van der Waals surface area contributed by atoms with Crippen molar-refractivity contribution < 1.29 is 14.8 Å². The minimum absolute atomic E-state index is 0.00419. The number of hydrogen-bond acceptors (Lipinski definition) is 5. The number of benzene rings is 1. The van der Waals surface area contributed by atoms with Crippen LogP contribution in [0.2, 0.25) is 0 Å². The van der Waals surface area contributed by atoms with Gasteiger partial charge < -0.3 is 10.4 Å². The van der Waals surface area contributed by atoms with Crippen molar-refractivity contribution in [1.29, 1.82) is 0 Å². The molecular weight excluding hydrogens is 260 g/mol. The van der Waals surface area contributed by atoms with Crippen molar-refractivity contribution in [3.05, 3.63) is 29.5 Å². The largest absolute Gasteiger partial charge is 0.733 e. The highest BCUT2D eigenvalue weighted by Gasteiger charge is 2.53. The molecule has 0 aromatic heterocycles. The van der Waals surface area contributed by atoms with Crippen LogP contribution in [0, 0.1) is 10.6 Å². The summed E-state index contributed by atoms with van der Waals surface area (Å²) < 4.78 is 0. The van der Waals surface area contributed by atoms with Gasteiger partial charge in [0.05, 0.1) is 16.8 Å². The van der Waals surface area contributed by atoms with E-state index in [0.29, 0.717) is 5.69 Å². The lowest BCUT2D eigenvalue weighted by atomic mass is 9.84. The Labute approximate surface area is 116 Å². The second-order valence-corrected chi connectivity index (χ2v) is 5.49. The van der Waals surface area contributed by atoms with Gasteiger partial charge in [0.25, 0.3) is 0 Å². The Hall–Kier alpha value is -1.92. The van der Waals surface area contributed by atoms with Gasteiger partial charge in [0.1, 0.15) is 0 Å². The molecule has 0 bridgehead atoms. The van der Waals surface area contributed by atoms with E-state index in [9.17, 15) is 14.8 Å². The summed E-state index contributed by atoms with van der Waals surface area (Å²) in [6.07, 6.45) is 3.69. The van der Waals surface area contributed by atoms with Crippen molar-refractivity contribution in [3.63, 3.8) is 0 Å². The standard InChI is InChI=1S/C14H15N2O4/c17-12-9-14(6-1-2-7-14)13(18)15(12)10-4-3-5-11(8-10)16(19)20/h3-5,8,19H,1-2,6-7,9H2/q-1. The molecule has 1 N–H and O–H groups in total. The third-order valence-electron chi connectivity index (χ3n) is 4.27. The molecule has 0 radical (unpaired) electrons. The highest BCUT2D eigenvalue weighted by molar-refractivity contribution is 6.22. The summed E-state index contributed by atoms with van der Waals surface area (Å²) in [6.45, 7) is 0. The van der Waals surface area contributed by atoms with Gasteiger partial charge in [-0.05, 0) is 31.0 Å². The maximum atomic E-state index is 12.6. The molecule has 1 aromatic carbocycles. The lowest BCUT2D eigenvalue weighted by Gasteiger charge is -2.24. The summed E-state index contributed by atoms with van der Waals surface area (Å²) in [7, 11) is 0. The summed E-state index contributed by atoms with van der Waals surface area (Å²) >= 11 is 0. The summed E-state index contributed by atoms with van der Waals surface area (Å²) in [4.78, 5) is 25.9.